The van der Waals surface area contributed by atoms with E-state index in [0.29, 0.717) is 6.42 Å². The summed E-state index contributed by atoms with van der Waals surface area (Å²) < 4.78 is 0. The second-order valence-corrected chi connectivity index (χ2v) is 1.58. The molecule has 0 amide bonds. The first-order valence-electron chi connectivity index (χ1n) is 2.66. The van der Waals surface area contributed by atoms with E-state index >= 15 is 0 Å². The van der Waals surface area contributed by atoms with Gasteiger partial charge in [0.1, 0.15) is 0 Å². The predicted molar refractivity (Wildman–Crippen MR) is 37.4 cm³/mol. The molecular weight excluding hydrogens is 158 g/mol. The molecule has 0 aliphatic heterocycles. The minimum Gasteiger partial charge on any atom is -0.367 e. The summed E-state index contributed by atoms with van der Waals surface area (Å²) >= 11 is 0. The molecule has 0 aromatic carbocycles. The van der Waals surface area contributed by atoms with E-state index in [4.69, 9.17) is 0 Å². The number of hydrogen-bond donors (Lipinski definition) is 1. The Morgan fingerprint density at radius 1 is 1.50 bits per heavy atom. The third kappa shape index (κ3) is 4.29. The maximum absolute atomic E-state index is 10.4. The van der Waals surface area contributed by atoms with E-state index in [1.54, 1.807) is 6.92 Å². The third-order valence-electron chi connectivity index (χ3n) is 0.812. The first kappa shape index (κ1) is 12.1. The summed E-state index contributed by atoms with van der Waals surface area (Å²) in [5, 5.41) is 0. The van der Waals surface area contributed by atoms with E-state index in [-0.39, 0.29) is 18.8 Å². The molecule has 2 N–H and O–H groups in total. The molecule has 10 heavy (non-hydrogen) atoms. The molecule has 0 fully saturated rings. The van der Waals surface area contributed by atoms with Crippen molar-refractivity contribution in [3.05, 3.63) is 0 Å². The molecule has 0 bridgehead atoms. The normalized spacial score (nSPS) is 7.80. The Balaban J connectivity index is 0. The molecule has 4 nitrogen and oxygen atoms in total. The first-order valence-corrected chi connectivity index (χ1v) is 2.66. The average molecular weight is 168 g/mol. The lowest BCUT2D eigenvalue weighted by Crippen LogP contribution is -2.20. The monoisotopic (exact) mass is 167 g/mol. The van der Waals surface area contributed by atoms with Crippen LogP contribution in [0.5, 0.6) is 0 Å². The van der Waals surface area contributed by atoms with Crippen LogP contribution in [0.4, 0.5) is 0 Å². The van der Waals surface area contributed by atoms with Crippen molar-refractivity contribution in [3.8, 4) is 0 Å². The lowest BCUT2D eigenvalue weighted by Gasteiger charge is -1.92. The van der Waals surface area contributed by atoms with Gasteiger partial charge in [-0.3, -0.25) is 4.79 Å². The van der Waals surface area contributed by atoms with Crippen LogP contribution in [0, 0.1) is 0 Å². The van der Waals surface area contributed by atoms with Gasteiger partial charge in [-0.1, -0.05) is 6.92 Å². The zero-order chi connectivity index (χ0) is 7.28. The number of Topliss-reactive ketones (excluding diaryl/α,β-unsaturated/α-hetero) is 1. The topological polar surface area (TPSA) is 69.4 Å². The maximum atomic E-state index is 10.4. The van der Waals surface area contributed by atoms with Gasteiger partial charge in [-0.2, -0.15) is 5.90 Å². The summed E-state index contributed by atoms with van der Waals surface area (Å²) in [5.41, 5.74) is 0. The predicted octanol–water partition coefficient (Wildman–Crippen LogP) is 0.194. The second-order valence-electron chi connectivity index (χ2n) is 1.58. The van der Waals surface area contributed by atoms with Crippen LogP contribution in [0.25, 0.3) is 0 Å². The molecule has 0 saturated heterocycles. The molecule has 0 aliphatic carbocycles. The van der Waals surface area contributed by atoms with Crippen molar-refractivity contribution in [1.82, 2.24) is 0 Å². The van der Waals surface area contributed by atoms with Crippen molar-refractivity contribution >= 4 is 24.2 Å². The van der Waals surface area contributed by atoms with Gasteiger partial charge in [0, 0.05) is 6.42 Å². The standard InChI is InChI=1S/C5H9NO3.ClH/c1-2-3-4(7)5(8)9-6;/h2-3,6H2,1H3;1H. The number of rotatable bonds is 3. The van der Waals surface area contributed by atoms with Crippen LogP contribution >= 0.6 is 12.4 Å². The van der Waals surface area contributed by atoms with Crippen LogP contribution < -0.4 is 5.90 Å². The van der Waals surface area contributed by atoms with Gasteiger partial charge in [0.2, 0.25) is 5.78 Å². The Labute approximate surface area is 65.1 Å². The fraction of sp³-hybridized carbons (Fsp3) is 0.600. The van der Waals surface area contributed by atoms with E-state index in [9.17, 15) is 9.59 Å². The van der Waals surface area contributed by atoms with E-state index in [1.807, 2.05) is 0 Å². The van der Waals surface area contributed by atoms with E-state index < -0.39 is 11.8 Å². The zero-order valence-electron chi connectivity index (χ0n) is 5.62. The van der Waals surface area contributed by atoms with Gasteiger partial charge in [0.25, 0.3) is 0 Å². The van der Waals surface area contributed by atoms with Crippen LogP contribution in [0.1, 0.15) is 19.8 Å². The van der Waals surface area contributed by atoms with Crippen molar-refractivity contribution in [2.75, 3.05) is 0 Å². The van der Waals surface area contributed by atoms with Crippen molar-refractivity contribution in [2.24, 2.45) is 5.90 Å². The van der Waals surface area contributed by atoms with Gasteiger partial charge >= 0.3 is 5.97 Å². The van der Waals surface area contributed by atoms with Gasteiger partial charge in [-0.05, 0) is 6.42 Å². The molecule has 0 atom stereocenters. The highest BCUT2D eigenvalue weighted by atomic mass is 35.5. The highest BCUT2D eigenvalue weighted by molar-refractivity contribution is 6.33. The fourth-order valence-electron chi connectivity index (χ4n) is 0.395. The Bertz CT molecular complexity index is 126. The number of nitrogens with two attached hydrogens (primary N) is 1. The molecule has 5 heteroatoms. The van der Waals surface area contributed by atoms with Crippen LogP contribution in [-0.4, -0.2) is 11.8 Å². The number of hydrogen-bond acceptors (Lipinski definition) is 4. The largest absolute Gasteiger partial charge is 0.393 e. The summed E-state index contributed by atoms with van der Waals surface area (Å²) in [7, 11) is 0. The second kappa shape index (κ2) is 6.51. The lowest BCUT2D eigenvalue weighted by atomic mass is 10.2. The molecule has 0 heterocycles. The molecule has 0 aromatic rings. The Morgan fingerprint density at radius 3 is 2.30 bits per heavy atom. The highest BCUT2D eigenvalue weighted by Gasteiger charge is 2.11. The summed E-state index contributed by atoms with van der Waals surface area (Å²) in [6.07, 6.45) is 0.837. The molecule has 0 radical (unpaired) electrons. The summed E-state index contributed by atoms with van der Waals surface area (Å²) in [4.78, 5) is 24.3. The quantitative estimate of drug-likeness (QED) is 0.482. The molecule has 0 aromatic heterocycles. The summed E-state index contributed by atoms with van der Waals surface area (Å²) in [5.74, 6) is 2.90. The minimum absolute atomic E-state index is 0. The van der Waals surface area contributed by atoms with Crippen molar-refractivity contribution < 1.29 is 14.4 Å². The van der Waals surface area contributed by atoms with Crippen LogP contribution in [0.2, 0.25) is 0 Å². The Morgan fingerprint density at radius 2 is 2.00 bits per heavy atom. The van der Waals surface area contributed by atoms with Gasteiger partial charge < -0.3 is 4.84 Å². The molecule has 0 unspecified atom stereocenters. The number of halogens is 1. The highest BCUT2D eigenvalue weighted by Crippen LogP contribution is 1.89. The fourth-order valence-corrected chi connectivity index (χ4v) is 0.395. The van der Waals surface area contributed by atoms with Crippen molar-refractivity contribution in [3.63, 3.8) is 0 Å². The van der Waals surface area contributed by atoms with Gasteiger partial charge in [0.05, 0.1) is 0 Å². The molecule has 0 saturated carbocycles. The average Bonchev–Trinajstić information content (AvgIpc) is 1.87. The van der Waals surface area contributed by atoms with Crippen molar-refractivity contribution in [1.29, 1.82) is 0 Å². The zero-order valence-corrected chi connectivity index (χ0v) is 6.44. The summed E-state index contributed by atoms with van der Waals surface area (Å²) in [6, 6.07) is 0. The van der Waals surface area contributed by atoms with E-state index in [1.165, 1.54) is 0 Å². The molecular formula is C5H10ClNO3. The van der Waals surface area contributed by atoms with Gasteiger partial charge in [-0.25, -0.2) is 4.79 Å². The smallest absolute Gasteiger partial charge is 0.367 e. The Kier molecular flexibility index (Phi) is 7.88. The third-order valence-corrected chi connectivity index (χ3v) is 0.812. The Hall–Kier alpha value is -0.610. The van der Waals surface area contributed by atoms with Gasteiger partial charge in [-0.15, -0.1) is 12.4 Å². The maximum Gasteiger partial charge on any atom is 0.393 e. The van der Waals surface area contributed by atoms with Gasteiger partial charge in [0.15, 0.2) is 0 Å². The molecule has 0 spiro atoms. The van der Waals surface area contributed by atoms with E-state index in [2.05, 4.69) is 10.7 Å². The minimum atomic E-state index is -0.961. The number of carbonyl (C=O) groups excluding carboxylic acids is 2. The van der Waals surface area contributed by atoms with E-state index in [0.717, 1.165) is 0 Å². The SMILES string of the molecule is CCCC(=O)C(=O)ON.Cl. The van der Waals surface area contributed by atoms with Crippen LogP contribution in [0.3, 0.4) is 0 Å². The van der Waals surface area contributed by atoms with Crippen LogP contribution in [0.15, 0.2) is 0 Å². The van der Waals surface area contributed by atoms with Crippen molar-refractivity contribution in [2.45, 2.75) is 19.8 Å². The first-order chi connectivity index (χ1) is 4.22. The lowest BCUT2D eigenvalue weighted by molar-refractivity contribution is -0.154. The molecule has 0 aliphatic rings. The summed E-state index contributed by atoms with van der Waals surface area (Å²) in [6.45, 7) is 1.79. The number of ketones is 1. The molecule has 0 rings (SSSR count). The molecule has 60 valence electrons. The van der Waals surface area contributed by atoms with Crippen LogP contribution in [-0.2, 0) is 14.4 Å². The number of carbonyl (C=O) groups is 2.